The summed E-state index contributed by atoms with van der Waals surface area (Å²) in [6, 6.07) is 4.80. The van der Waals surface area contributed by atoms with Crippen LogP contribution in [-0.2, 0) is 0 Å². The number of rotatable bonds is 2. The fraction of sp³-hybridized carbons (Fsp3) is 0. The van der Waals surface area contributed by atoms with E-state index in [4.69, 9.17) is 0 Å². The van der Waals surface area contributed by atoms with Crippen LogP contribution in [0.4, 0.5) is 5.69 Å². The van der Waals surface area contributed by atoms with Crippen LogP contribution in [0.2, 0.25) is 0 Å². The second kappa shape index (κ2) is 5.40. The van der Waals surface area contributed by atoms with E-state index in [9.17, 15) is 20.4 Å². The molecule has 110 valence electrons. The summed E-state index contributed by atoms with van der Waals surface area (Å²) in [5.74, 6) is 6.54. The maximum Gasteiger partial charge on any atom is 0.274 e. The summed E-state index contributed by atoms with van der Waals surface area (Å²) in [5.41, 5.74) is 0.0738. The van der Waals surface area contributed by atoms with Gasteiger partial charge in [-0.05, 0) is 0 Å². The minimum absolute atomic E-state index is 0.0243. The van der Waals surface area contributed by atoms with E-state index < -0.39 is 10.8 Å². The van der Waals surface area contributed by atoms with E-state index in [0.717, 1.165) is 16.9 Å². The molecule has 0 unspecified atom stereocenters. The second-order valence-electron chi connectivity index (χ2n) is 3.68. The maximum atomic E-state index is 12.0. The Balaban J connectivity index is 0.000000774. The molecule has 3 rings (SSSR count). The molecule has 0 saturated heterocycles. The molecule has 0 atom stereocenters. The van der Waals surface area contributed by atoms with Crippen molar-refractivity contribution < 1.29 is 20.7 Å². The number of aromatic amines is 1. The third kappa shape index (κ3) is 2.43. The predicted molar refractivity (Wildman–Crippen MR) is 65.4 cm³/mol. The van der Waals surface area contributed by atoms with Crippen molar-refractivity contribution >= 4 is 16.7 Å². The molecule has 0 spiro atoms. The van der Waals surface area contributed by atoms with Crippen LogP contribution in [0.5, 0.6) is 5.88 Å². The Kier molecular flexibility index (Phi) is 3.64. The molecule has 0 aliphatic rings. The third-order valence-electron chi connectivity index (χ3n) is 2.51. The highest BCUT2D eigenvalue weighted by atomic mass is 16.6. The fourth-order valence-corrected chi connectivity index (χ4v) is 1.66. The van der Waals surface area contributed by atoms with Crippen molar-refractivity contribution in [2.24, 2.45) is 5.84 Å². The summed E-state index contributed by atoms with van der Waals surface area (Å²) >= 11 is 0. The Morgan fingerprint density at radius 1 is 1.38 bits per heavy atom. The zero-order valence-electron chi connectivity index (χ0n) is 10.5. The molecule has 0 bridgehead atoms. The van der Waals surface area contributed by atoms with Crippen molar-refractivity contribution in [3.8, 4) is 11.7 Å². The number of non-ortho nitro benzene ring substituents is 1. The first-order chi connectivity index (χ1) is 10.1. The molecule has 12 nitrogen and oxygen atoms in total. The lowest BCUT2D eigenvalue weighted by Crippen LogP contribution is -2.59. The number of quaternary nitrogens is 1. The number of nitrogens with zero attached hydrogens (tertiary/aromatic N) is 5. The third-order valence-corrected chi connectivity index (χ3v) is 2.51. The molecule has 0 saturated carbocycles. The Labute approximate surface area is 115 Å². The monoisotopic (exact) mass is 294 g/mol. The summed E-state index contributed by atoms with van der Waals surface area (Å²) in [7, 11) is 0. The molecule has 0 radical (unpaired) electrons. The summed E-state index contributed by atoms with van der Waals surface area (Å²) in [5, 5.41) is 43.2. The first kappa shape index (κ1) is 14.2. The Bertz CT molecular complexity index is 794. The minimum Gasteiger partial charge on any atom is -0.857 e. The smallest absolute Gasteiger partial charge is 0.274 e. The lowest BCUT2D eigenvalue weighted by atomic mass is 10.3. The van der Waals surface area contributed by atoms with E-state index in [1.807, 2.05) is 0 Å². The van der Waals surface area contributed by atoms with Gasteiger partial charge in [0.25, 0.3) is 11.2 Å². The largest absolute Gasteiger partial charge is 0.857 e. The standard InChI is InChI=1S/C9H6N6O4.H4N2/c16-9-4-8(10-11-9)13-12-6-2-1-5(15(18)19)3-7(6)14(13)17;1-2/h1-4H,(H2,10,11,16);1-2H2. The number of hydrogen-bond donors (Lipinski definition) is 3. The Morgan fingerprint density at radius 2 is 2.10 bits per heavy atom. The number of H-pyrrole nitrogens is 1. The highest BCUT2D eigenvalue weighted by Crippen LogP contribution is 2.17. The summed E-state index contributed by atoms with van der Waals surface area (Å²) < 4.78 is 0. The molecule has 0 aliphatic carbocycles. The van der Waals surface area contributed by atoms with E-state index in [1.54, 1.807) is 0 Å². The topological polar surface area (TPSA) is 193 Å². The van der Waals surface area contributed by atoms with E-state index in [0.29, 0.717) is 4.85 Å². The SMILES string of the molecule is N[NH3+].O=[N+]([O-])c1ccc2nn(-c3cc([O-])n[nH]3)[n+]([O-])c2c1. The molecule has 12 heteroatoms. The molecule has 2 heterocycles. The first-order valence-electron chi connectivity index (χ1n) is 5.47. The molecule has 0 aliphatic heterocycles. The van der Waals surface area contributed by atoms with Gasteiger partial charge in [-0.3, -0.25) is 21.1 Å². The number of fused-ring (bicyclic) bond motifs is 1. The van der Waals surface area contributed by atoms with Crippen LogP contribution in [0.15, 0.2) is 24.3 Å². The number of nitrogens with one attached hydrogen (secondary N) is 1. The van der Waals surface area contributed by atoms with Crippen LogP contribution in [-0.4, -0.2) is 25.0 Å². The van der Waals surface area contributed by atoms with E-state index in [1.165, 1.54) is 12.1 Å². The fourth-order valence-electron chi connectivity index (χ4n) is 1.66. The van der Waals surface area contributed by atoms with Gasteiger partial charge in [0.2, 0.25) is 11.3 Å². The molecule has 0 amide bonds. The zero-order chi connectivity index (χ0) is 15.6. The van der Waals surface area contributed by atoms with Gasteiger partial charge in [-0.1, -0.05) is 0 Å². The van der Waals surface area contributed by atoms with Crippen LogP contribution in [0.3, 0.4) is 0 Å². The molecule has 6 N–H and O–H groups in total. The predicted octanol–water partition coefficient (Wildman–Crippen LogP) is -2.53. The van der Waals surface area contributed by atoms with Gasteiger partial charge in [0.05, 0.1) is 16.1 Å². The van der Waals surface area contributed by atoms with E-state index >= 15 is 0 Å². The Hall–Kier alpha value is -3.25. The highest BCUT2D eigenvalue weighted by molar-refractivity contribution is 5.73. The number of aromatic nitrogens is 5. The normalized spacial score (nSPS) is 10.2. The minimum atomic E-state index is -0.608. The number of benzene rings is 1. The van der Waals surface area contributed by atoms with E-state index in [-0.39, 0.29) is 22.5 Å². The lowest BCUT2D eigenvalue weighted by molar-refractivity contribution is -0.665. The van der Waals surface area contributed by atoms with Gasteiger partial charge in [0.1, 0.15) is 0 Å². The highest BCUT2D eigenvalue weighted by Gasteiger charge is 2.20. The quantitative estimate of drug-likeness (QED) is 0.152. The van der Waals surface area contributed by atoms with Gasteiger partial charge >= 0.3 is 0 Å². The van der Waals surface area contributed by atoms with Crippen LogP contribution in [0.25, 0.3) is 16.9 Å². The van der Waals surface area contributed by atoms with Crippen molar-refractivity contribution in [1.82, 2.24) is 20.1 Å². The van der Waals surface area contributed by atoms with Gasteiger partial charge < -0.3 is 10.3 Å². The van der Waals surface area contributed by atoms with Crippen LogP contribution in [0, 0.1) is 15.3 Å². The van der Waals surface area contributed by atoms with Gasteiger partial charge in [0.15, 0.2) is 0 Å². The van der Waals surface area contributed by atoms with Crippen LogP contribution >= 0.6 is 0 Å². The molecule has 3 aromatic rings. The first-order valence-corrected chi connectivity index (χ1v) is 5.47. The van der Waals surface area contributed by atoms with Gasteiger partial charge in [-0.2, -0.15) is 10.9 Å². The van der Waals surface area contributed by atoms with Crippen molar-refractivity contribution in [1.29, 1.82) is 0 Å². The van der Waals surface area contributed by atoms with Crippen molar-refractivity contribution in [3.05, 3.63) is 39.6 Å². The number of nitro benzene ring substituents is 1. The van der Waals surface area contributed by atoms with Crippen molar-refractivity contribution in [2.75, 3.05) is 0 Å². The van der Waals surface area contributed by atoms with E-state index in [2.05, 4.69) is 27.0 Å². The van der Waals surface area contributed by atoms with Gasteiger partial charge in [-0.15, -0.1) is 4.85 Å². The van der Waals surface area contributed by atoms with Gasteiger partial charge in [-0.25, -0.2) is 0 Å². The Morgan fingerprint density at radius 3 is 2.67 bits per heavy atom. The molecular weight excluding hydrogens is 284 g/mol. The zero-order valence-corrected chi connectivity index (χ0v) is 10.5. The van der Waals surface area contributed by atoms with Crippen molar-refractivity contribution in [2.45, 2.75) is 0 Å². The summed E-state index contributed by atoms with van der Waals surface area (Å²) in [6.45, 7) is 0. The number of nitrogens with two attached hydrogens (primary N) is 1. The molecular formula is C9H10N8O4. The molecule has 0 fully saturated rings. The molecule has 21 heavy (non-hydrogen) atoms. The number of hydrogen-bond acceptors (Lipinski definition) is 7. The average molecular weight is 294 g/mol. The van der Waals surface area contributed by atoms with Crippen molar-refractivity contribution in [3.63, 3.8) is 0 Å². The lowest BCUT2D eigenvalue weighted by Gasteiger charge is -2.00. The number of nitro groups is 1. The second-order valence-corrected chi connectivity index (χ2v) is 3.68. The summed E-state index contributed by atoms with van der Waals surface area (Å²) in [4.78, 5) is 11.2. The average Bonchev–Trinajstić information content (AvgIpc) is 3.05. The maximum absolute atomic E-state index is 12.0. The van der Waals surface area contributed by atoms with Gasteiger partial charge in [0, 0.05) is 28.9 Å². The molecule has 1 aromatic carbocycles. The van der Waals surface area contributed by atoms with Crippen LogP contribution in [0.1, 0.15) is 0 Å². The van der Waals surface area contributed by atoms with Crippen LogP contribution < -0.4 is 21.6 Å². The summed E-state index contributed by atoms with van der Waals surface area (Å²) in [6.07, 6.45) is 0. The molecule has 2 aromatic heterocycles.